The van der Waals surface area contributed by atoms with E-state index in [0.717, 1.165) is 0 Å². The molecule has 3 nitrogen and oxygen atoms in total. The van der Waals surface area contributed by atoms with Gasteiger partial charge in [-0.2, -0.15) is 18.2 Å². The van der Waals surface area contributed by atoms with Gasteiger partial charge in [0, 0.05) is 0 Å². The molecule has 1 aromatic rings. The summed E-state index contributed by atoms with van der Waals surface area (Å²) in [7, 11) is 0. The van der Waals surface area contributed by atoms with Crippen molar-refractivity contribution in [3.63, 3.8) is 0 Å². The molecular formula is C6H4ClF4N3. The predicted molar refractivity (Wildman–Crippen MR) is 41.5 cm³/mol. The average Bonchev–Trinajstić information content (AvgIpc) is 2.05. The van der Waals surface area contributed by atoms with Gasteiger partial charge >= 0.3 is 6.18 Å². The van der Waals surface area contributed by atoms with Crippen LogP contribution in [-0.4, -0.2) is 22.7 Å². The fraction of sp³-hybridized carbons (Fsp3) is 0.333. The van der Waals surface area contributed by atoms with Crippen molar-refractivity contribution in [2.45, 2.75) is 6.18 Å². The second-order valence-electron chi connectivity index (χ2n) is 2.30. The topological polar surface area (TPSA) is 37.8 Å². The molecule has 0 amide bonds. The van der Waals surface area contributed by atoms with Crippen molar-refractivity contribution in [3.8, 4) is 0 Å². The van der Waals surface area contributed by atoms with Crippen molar-refractivity contribution in [1.82, 2.24) is 9.97 Å². The first-order chi connectivity index (χ1) is 6.38. The molecule has 0 aliphatic rings. The van der Waals surface area contributed by atoms with Crippen molar-refractivity contribution >= 4 is 17.4 Å². The van der Waals surface area contributed by atoms with Gasteiger partial charge < -0.3 is 5.32 Å². The summed E-state index contributed by atoms with van der Waals surface area (Å²) in [5.41, 5.74) is 0. The molecule has 1 rings (SSSR count). The van der Waals surface area contributed by atoms with E-state index in [1.807, 2.05) is 0 Å². The number of nitrogens with one attached hydrogen (secondary N) is 1. The second kappa shape index (κ2) is 3.95. The molecule has 0 atom stereocenters. The largest absolute Gasteiger partial charge is 0.405 e. The van der Waals surface area contributed by atoms with Crippen LogP contribution in [0.25, 0.3) is 0 Å². The van der Waals surface area contributed by atoms with Gasteiger partial charge in [-0.05, 0) is 11.6 Å². The van der Waals surface area contributed by atoms with E-state index in [2.05, 4.69) is 9.97 Å². The van der Waals surface area contributed by atoms with Crippen LogP contribution in [0.1, 0.15) is 0 Å². The Morgan fingerprint density at radius 2 is 2.07 bits per heavy atom. The summed E-state index contributed by atoms with van der Waals surface area (Å²) in [5.74, 6) is -1.55. The van der Waals surface area contributed by atoms with Crippen LogP contribution in [-0.2, 0) is 0 Å². The van der Waals surface area contributed by atoms with Crippen molar-refractivity contribution in [2.24, 2.45) is 0 Å². The van der Waals surface area contributed by atoms with Gasteiger partial charge in [0.05, 0.1) is 6.20 Å². The van der Waals surface area contributed by atoms with Gasteiger partial charge in [-0.15, -0.1) is 0 Å². The van der Waals surface area contributed by atoms with Gasteiger partial charge in [0.15, 0.2) is 11.6 Å². The monoisotopic (exact) mass is 229 g/mol. The lowest BCUT2D eigenvalue weighted by Gasteiger charge is -2.08. The summed E-state index contributed by atoms with van der Waals surface area (Å²) in [6.07, 6.45) is -3.75. The highest BCUT2D eigenvalue weighted by molar-refractivity contribution is 6.28. The molecular weight excluding hydrogens is 226 g/mol. The number of alkyl halides is 3. The smallest absolute Gasteiger partial charge is 0.359 e. The molecule has 0 aliphatic heterocycles. The molecule has 0 fully saturated rings. The molecule has 0 radical (unpaired) electrons. The Hall–Kier alpha value is -1.11. The highest BCUT2D eigenvalue weighted by Gasteiger charge is 2.27. The minimum atomic E-state index is -4.44. The van der Waals surface area contributed by atoms with Crippen molar-refractivity contribution < 1.29 is 17.6 Å². The number of anilines is 1. The van der Waals surface area contributed by atoms with E-state index in [4.69, 9.17) is 11.6 Å². The number of hydrogen-bond donors (Lipinski definition) is 1. The lowest BCUT2D eigenvalue weighted by atomic mass is 10.5. The Morgan fingerprint density at radius 3 is 2.64 bits per heavy atom. The van der Waals surface area contributed by atoms with E-state index in [9.17, 15) is 17.6 Å². The minimum absolute atomic E-state index is 0.323. The third-order valence-electron chi connectivity index (χ3n) is 1.17. The molecule has 0 spiro atoms. The maximum Gasteiger partial charge on any atom is 0.405 e. The lowest BCUT2D eigenvalue weighted by Crippen LogP contribution is -2.22. The predicted octanol–water partition coefficient (Wildman–Crippen LogP) is 2.24. The average molecular weight is 230 g/mol. The molecule has 1 aromatic heterocycles. The molecule has 0 saturated heterocycles. The highest BCUT2D eigenvalue weighted by atomic mass is 35.5. The zero-order valence-electron chi connectivity index (χ0n) is 6.57. The SMILES string of the molecule is Fc1cnc(Cl)nc1NCC(F)(F)F. The number of hydrogen-bond acceptors (Lipinski definition) is 3. The van der Waals surface area contributed by atoms with Crippen LogP contribution in [0.5, 0.6) is 0 Å². The first kappa shape index (κ1) is 11.0. The first-order valence-electron chi connectivity index (χ1n) is 3.37. The Labute approximate surface area is 81.1 Å². The summed E-state index contributed by atoms with van der Waals surface area (Å²) < 4.78 is 47.9. The first-order valence-corrected chi connectivity index (χ1v) is 3.75. The van der Waals surface area contributed by atoms with Crippen molar-refractivity contribution in [1.29, 1.82) is 0 Å². The van der Waals surface area contributed by atoms with E-state index in [1.54, 1.807) is 5.32 Å². The zero-order valence-corrected chi connectivity index (χ0v) is 7.32. The van der Waals surface area contributed by atoms with Crippen LogP contribution >= 0.6 is 11.6 Å². The fourth-order valence-electron chi connectivity index (χ4n) is 0.654. The number of nitrogens with zero attached hydrogens (tertiary/aromatic N) is 2. The van der Waals surface area contributed by atoms with Gasteiger partial charge in [-0.1, -0.05) is 0 Å². The molecule has 8 heteroatoms. The molecule has 0 aromatic carbocycles. The van der Waals surface area contributed by atoms with E-state index in [1.165, 1.54) is 0 Å². The maximum atomic E-state index is 12.7. The molecule has 78 valence electrons. The van der Waals surface area contributed by atoms with Crippen LogP contribution in [0, 0.1) is 5.82 Å². The van der Waals surface area contributed by atoms with Gasteiger partial charge in [0.1, 0.15) is 6.54 Å². The lowest BCUT2D eigenvalue weighted by molar-refractivity contribution is -0.115. The van der Waals surface area contributed by atoms with Crippen LogP contribution in [0.15, 0.2) is 6.20 Å². The number of aromatic nitrogens is 2. The van der Waals surface area contributed by atoms with E-state index in [0.29, 0.717) is 6.20 Å². The molecule has 0 saturated carbocycles. The Bertz CT molecular complexity index is 327. The minimum Gasteiger partial charge on any atom is -0.359 e. The summed E-state index contributed by atoms with van der Waals surface area (Å²) in [4.78, 5) is 6.49. The van der Waals surface area contributed by atoms with Gasteiger partial charge in [0.2, 0.25) is 5.28 Å². The summed E-state index contributed by atoms with van der Waals surface area (Å²) in [6, 6.07) is 0. The van der Waals surface area contributed by atoms with Crippen LogP contribution < -0.4 is 5.32 Å². The normalized spacial score (nSPS) is 11.5. The Kier molecular flexibility index (Phi) is 3.10. The summed E-state index contributed by atoms with van der Waals surface area (Å²) in [5, 5.41) is 1.44. The summed E-state index contributed by atoms with van der Waals surface area (Å²) >= 11 is 5.26. The van der Waals surface area contributed by atoms with Gasteiger partial charge in [0.25, 0.3) is 0 Å². The van der Waals surface area contributed by atoms with Crippen molar-refractivity contribution in [3.05, 3.63) is 17.3 Å². The fourth-order valence-corrected chi connectivity index (χ4v) is 0.787. The van der Waals surface area contributed by atoms with Crippen molar-refractivity contribution in [2.75, 3.05) is 11.9 Å². The standard InChI is InChI=1S/C6H4ClF4N3/c7-5-12-1-3(8)4(14-5)13-2-6(9,10)11/h1H,2H2,(H,12,13,14). The van der Waals surface area contributed by atoms with E-state index >= 15 is 0 Å². The van der Waals surface area contributed by atoms with Crippen LogP contribution in [0.3, 0.4) is 0 Å². The zero-order chi connectivity index (χ0) is 10.8. The van der Waals surface area contributed by atoms with Crippen LogP contribution in [0.4, 0.5) is 23.4 Å². The molecule has 1 N–H and O–H groups in total. The highest BCUT2D eigenvalue weighted by Crippen LogP contribution is 2.17. The number of halogens is 5. The van der Waals surface area contributed by atoms with Gasteiger partial charge in [-0.3, -0.25) is 0 Å². The molecule has 0 unspecified atom stereocenters. The molecule has 0 bridgehead atoms. The van der Waals surface area contributed by atoms with Gasteiger partial charge in [-0.25, -0.2) is 9.37 Å². The third-order valence-corrected chi connectivity index (χ3v) is 1.35. The maximum absolute atomic E-state index is 12.7. The molecule has 14 heavy (non-hydrogen) atoms. The molecule has 0 aliphatic carbocycles. The quantitative estimate of drug-likeness (QED) is 0.624. The Morgan fingerprint density at radius 1 is 1.43 bits per heavy atom. The summed E-state index contributed by atoms with van der Waals surface area (Å²) in [6.45, 7) is -1.38. The second-order valence-corrected chi connectivity index (χ2v) is 2.64. The molecule has 1 heterocycles. The Balaban J connectivity index is 2.72. The number of rotatable bonds is 2. The third kappa shape index (κ3) is 3.33. The van der Waals surface area contributed by atoms with E-state index in [-0.39, 0.29) is 5.28 Å². The van der Waals surface area contributed by atoms with E-state index < -0.39 is 24.4 Å². The van der Waals surface area contributed by atoms with Crippen LogP contribution in [0.2, 0.25) is 5.28 Å².